The van der Waals surface area contributed by atoms with E-state index in [1.807, 2.05) is 30.5 Å². The topological polar surface area (TPSA) is 83.8 Å². The van der Waals surface area contributed by atoms with Crippen molar-refractivity contribution in [3.63, 3.8) is 0 Å². The Hall–Kier alpha value is -2.33. The van der Waals surface area contributed by atoms with Gasteiger partial charge in [0.1, 0.15) is 6.54 Å². The molecule has 1 aromatic heterocycles. The van der Waals surface area contributed by atoms with Gasteiger partial charge in [-0.2, -0.15) is 5.10 Å². The van der Waals surface area contributed by atoms with Gasteiger partial charge in [-0.3, -0.25) is 9.10 Å². The minimum atomic E-state index is -3.68. The normalized spacial score (nSPS) is 11.7. The highest BCUT2D eigenvalue weighted by molar-refractivity contribution is 9.10. The van der Waals surface area contributed by atoms with Gasteiger partial charge in [0.05, 0.1) is 28.2 Å². The van der Waals surface area contributed by atoms with Crippen molar-refractivity contribution in [3.05, 3.63) is 80.0 Å². The number of nitrogens with zero attached hydrogens (tertiary/aromatic N) is 3. The number of carbonyl (C=O) groups is 1. The molecule has 1 heterocycles. The number of rotatable bonds is 7. The Morgan fingerprint density at radius 2 is 1.88 bits per heavy atom. The van der Waals surface area contributed by atoms with Crippen LogP contribution in [0.3, 0.4) is 0 Å². The van der Waals surface area contributed by atoms with Crippen LogP contribution in [0.25, 0.3) is 5.69 Å². The summed E-state index contributed by atoms with van der Waals surface area (Å²) < 4.78 is 28.1. The van der Waals surface area contributed by atoms with Crippen LogP contribution in [0.15, 0.2) is 58.1 Å². The van der Waals surface area contributed by atoms with Crippen molar-refractivity contribution < 1.29 is 13.2 Å². The number of aromatic nitrogens is 1. The molecule has 0 saturated carbocycles. The Labute approximate surface area is 211 Å². The number of nitrogens with one attached hydrogen (secondary N) is 1. The summed E-state index contributed by atoms with van der Waals surface area (Å²) in [6, 6.07) is 14.0. The molecule has 0 saturated heterocycles. The highest BCUT2D eigenvalue weighted by Gasteiger charge is 2.21. The molecule has 2 aromatic carbocycles. The molecule has 33 heavy (non-hydrogen) atoms. The van der Waals surface area contributed by atoms with Gasteiger partial charge in [0.15, 0.2) is 0 Å². The monoisotopic (exact) mass is 570 g/mol. The van der Waals surface area contributed by atoms with E-state index in [-0.39, 0.29) is 0 Å². The van der Waals surface area contributed by atoms with E-state index in [2.05, 4.69) is 26.5 Å². The SMILES string of the molecule is Cc1cc(/C=N\NC(=O)CN(c2cccc(Br)c2)S(C)(=O)=O)c(C)n1-c1ccc(Cl)c(Cl)c1. The lowest BCUT2D eigenvalue weighted by molar-refractivity contribution is -0.119. The molecule has 0 aliphatic carbocycles. The maximum Gasteiger partial charge on any atom is 0.260 e. The first-order chi connectivity index (χ1) is 15.5. The third-order valence-corrected chi connectivity index (χ3v) is 7.18. The number of aryl methyl sites for hydroxylation is 1. The fourth-order valence-electron chi connectivity index (χ4n) is 3.31. The van der Waals surface area contributed by atoms with Crippen LogP contribution < -0.4 is 9.73 Å². The van der Waals surface area contributed by atoms with E-state index in [0.717, 1.165) is 33.2 Å². The van der Waals surface area contributed by atoms with Crippen molar-refractivity contribution in [2.24, 2.45) is 5.10 Å². The summed E-state index contributed by atoms with van der Waals surface area (Å²) in [7, 11) is -3.68. The molecule has 3 rings (SSSR count). The van der Waals surface area contributed by atoms with Gasteiger partial charge in [-0.25, -0.2) is 13.8 Å². The van der Waals surface area contributed by atoms with E-state index in [0.29, 0.717) is 20.2 Å². The van der Waals surface area contributed by atoms with Gasteiger partial charge < -0.3 is 4.57 Å². The van der Waals surface area contributed by atoms with E-state index >= 15 is 0 Å². The molecule has 11 heteroatoms. The first kappa shape index (κ1) is 25.3. The molecule has 0 radical (unpaired) electrons. The standard InChI is InChI=1S/C22H21BrCl2N4O3S/c1-14-9-16(15(2)29(14)19-7-8-20(24)21(25)11-19)12-26-27-22(30)13-28(33(3,31)32)18-6-4-5-17(23)10-18/h4-12H,13H2,1-3H3,(H,27,30)/b26-12-. The molecule has 0 bridgehead atoms. The molecule has 3 aromatic rings. The number of amides is 1. The molecule has 0 aliphatic heterocycles. The van der Waals surface area contributed by atoms with Crippen LogP contribution in [0.1, 0.15) is 17.0 Å². The highest BCUT2D eigenvalue weighted by Crippen LogP contribution is 2.27. The zero-order chi connectivity index (χ0) is 24.3. The average molecular weight is 572 g/mol. The quantitative estimate of drug-likeness (QED) is 0.317. The molecule has 0 aliphatic rings. The van der Waals surface area contributed by atoms with Crippen LogP contribution in [0.4, 0.5) is 5.69 Å². The van der Waals surface area contributed by atoms with Crippen LogP contribution in [0, 0.1) is 13.8 Å². The van der Waals surface area contributed by atoms with Gasteiger partial charge in [-0.1, -0.05) is 45.2 Å². The summed E-state index contributed by atoms with van der Waals surface area (Å²) in [6.45, 7) is 3.44. The minimum Gasteiger partial charge on any atom is -0.318 e. The Morgan fingerprint density at radius 3 is 2.52 bits per heavy atom. The van der Waals surface area contributed by atoms with Crippen LogP contribution in [-0.2, 0) is 14.8 Å². The van der Waals surface area contributed by atoms with Crippen molar-refractivity contribution in [1.29, 1.82) is 0 Å². The van der Waals surface area contributed by atoms with Crippen LogP contribution in [0.2, 0.25) is 10.0 Å². The highest BCUT2D eigenvalue weighted by atomic mass is 79.9. The molecule has 0 spiro atoms. The molecular weight excluding hydrogens is 551 g/mol. The second-order valence-electron chi connectivity index (χ2n) is 7.30. The number of benzene rings is 2. The van der Waals surface area contributed by atoms with Crippen molar-refractivity contribution in [2.45, 2.75) is 13.8 Å². The number of sulfonamides is 1. The van der Waals surface area contributed by atoms with Crippen molar-refractivity contribution >= 4 is 67.0 Å². The summed E-state index contributed by atoms with van der Waals surface area (Å²) in [6.07, 6.45) is 2.56. The molecule has 0 fully saturated rings. The molecule has 174 valence electrons. The number of anilines is 1. The number of hydrazone groups is 1. The molecule has 0 unspecified atom stereocenters. The summed E-state index contributed by atoms with van der Waals surface area (Å²) in [5, 5.41) is 4.93. The largest absolute Gasteiger partial charge is 0.318 e. The van der Waals surface area contributed by atoms with Gasteiger partial charge in [0.2, 0.25) is 10.0 Å². The Kier molecular flexibility index (Phi) is 7.89. The Morgan fingerprint density at radius 1 is 1.15 bits per heavy atom. The third-order valence-electron chi connectivity index (χ3n) is 4.81. The average Bonchev–Trinajstić information content (AvgIpc) is 3.00. The number of carbonyl (C=O) groups excluding carboxylic acids is 1. The smallest absolute Gasteiger partial charge is 0.260 e. The summed E-state index contributed by atoms with van der Waals surface area (Å²) in [5.41, 5.74) is 6.22. The molecule has 1 amide bonds. The van der Waals surface area contributed by atoms with E-state index in [4.69, 9.17) is 23.2 Å². The fraction of sp³-hybridized carbons (Fsp3) is 0.182. The van der Waals surface area contributed by atoms with Gasteiger partial charge in [-0.05, 0) is 56.3 Å². The lowest BCUT2D eigenvalue weighted by Gasteiger charge is -2.21. The van der Waals surface area contributed by atoms with E-state index in [1.54, 1.807) is 36.4 Å². The predicted octanol–water partition coefficient (Wildman–Crippen LogP) is 5.08. The maximum absolute atomic E-state index is 12.4. The third kappa shape index (κ3) is 6.17. The summed E-state index contributed by atoms with van der Waals surface area (Å²) >= 11 is 15.5. The molecule has 1 N–H and O–H groups in total. The fourth-order valence-corrected chi connectivity index (χ4v) is 4.84. The predicted molar refractivity (Wildman–Crippen MR) is 137 cm³/mol. The number of hydrogen-bond acceptors (Lipinski definition) is 4. The zero-order valence-electron chi connectivity index (χ0n) is 18.0. The van der Waals surface area contributed by atoms with Crippen molar-refractivity contribution in [2.75, 3.05) is 17.1 Å². The molecular formula is C22H21BrCl2N4O3S. The first-order valence-electron chi connectivity index (χ1n) is 9.67. The van der Waals surface area contributed by atoms with Crippen LogP contribution >= 0.6 is 39.1 Å². The number of halogens is 3. The molecule has 7 nitrogen and oxygen atoms in total. The van der Waals surface area contributed by atoms with Gasteiger partial charge in [0.25, 0.3) is 5.91 Å². The maximum atomic E-state index is 12.4. The lowest BCUT2D eigenvalue weighted by Crippen LogP contribution is -2.39. The minimum absolute atomic E-state index is 0.371. The molecule has 0 atom stereocenters. The van der Waals surface area contributed by atoms with Gasteiger partial charge >= 0.3 is 0 Å². The van der Waals surface area contributed by atoms with E-state index < -0.39 is 22.5 Å². The summed E-state index contributed by atoms with van der Waals surface area (Å²) in [4.78, 5) is 12.4. The van der Waals surface area contributed by atoms with Gasteiger partial charge in [-0.15, -0.1) is 0 Å². The van der Waals surface area contributed by atoms with Crippen LogP contribution in [0.5, 0.6) is 0 Å². The van der Waals surface area contributed by atoms with Crippen LogP contribution in [-0.4, -0.2) is 37.9 Å². The number of hydrogen-bond donors (Lipinski definition) is 1. The Bertz CT molecular complexity index is 1340. The second-order valence-corrected chi connectivity index (χ2v) is 10.9. The zero-order valence-corrected chi connectivity index (χ0v) is 21.9. The van der Waals surface area contributed by atoms with Crippen molar-refractivity contribution in [1.82, 2.24) is 9.99 Å². The van der Waals surface area contributed by atoms with E-state index in [1.165, 1.54) is 6.21 Å². The van der Waals surface area contributed by atoms with E-state index in [9.17, 15) is 13.2 Å². The van der Waals surface area contributed by atoms with Crippen molar-refractivity contribution in [3.8, 4) is 5.69 Å². The lowest BCUT2D eigenvalue weighted by atomic mass is 10.2. The first-order valence-corrected chi connectivity index (χ1v) is 13.1. The second kappa shape index (κ2) is 10.3. The summed E-state index contributed by atoms with van der Waals surface area (Å²) in [5.74, 6) is -0.574. The Balaban J connectivity index is 1.75. The van der Waals surface area contributed by atoms with Gasteiger partial charge in [0, 0.05) is 27.1 Å².